The summed E-state index contributed by atoms with van der Waals surface area (Å²) < 4.78 is 27.6. The Kier molecular flexibility index (Phi) is 6.24. The summed E-state index contributed by atoms with van der Waals surface area (Å²) in [5.41, 5.74) is 8.06. The normalized spacial score (nSPS) is 15.9. The second kappa shape index (κ2) is 8.80. The third kappa shape index (κ3) is 4.79. The first-order chi connectivity index (χ1) is 15.1. The number of rotatable bonds is 6. The number of benzene rings is 1. The minimum Gasteiger partial charge on any atom is -0.369 e. The highest BCUT2D eigenvalue weighted by Crippen LogP contribution is 2.35. The number of carbonyl (C=O) groups is 1. The number of hydrogen-bond acceptors (Lipinski definition) is 5. The number of thiophene rings is 1. The zero-order chi connectivity index (χ0) is 23.0. The van der Waals surface area contributed by atoms with Crippen molar-refractivity contribution in [1.82, 2.24) is 8.87 Å². The zero-order valence-electron chi connectivity index (χ0n) is 18.2. The lowest BCUT2D eigenvalue weighted by atomic mass is 9.94. The Bertz CT molecular complexity index is 1330. The van der Waals surface area contributed by atoms with E-state index in [9.17, 15) is 18.0 Å². The molecule has 1 saturated heterocycles. The summed E-state index contributed by atoms with van der Waals surface area (Å²) in [6.07, 6.45) is 5.75. The summed E-state index contributed by atoms with van der Waals surface area (Å²) >= 11 is 1.62. The first-order valence-electron chi connectivity index (χ1n) is 10.6. The number of piperidine rings is 1. The van der Waals surface area contributed by atoms with Crippen molar-refractivity contribution >= 4 is 37.4 Å². The Morgan fingerprint density at radius 1 is 1.22 bits per heavy atom. The van der Waals surface area contributed by atoms with E-state index >= 15 is 0 Å². The molecule has 1 amide bonds. The number of amides is 1. The zero-order valence-corrected chi connectivity index (χ0v) is 19.8. The van der Waals surface area contributed by atoms with Crippen LogP contribution in [0.25, 0.3) is 21.2 Å². The Balaban J connectivity index is 1.65. The maximum atomic E-state index is 12.8. The highest BCUT2D eigenvalue weighted by atomic mass is 32.2. The Hall–Kier alpha value is -2.49. The molecule has 1 aromatic carbocycles. The Labute approximate surface area is 191 Å². The molecule has 0 bridgehead atoms. The van der Waals surface area contributed by atoms with Crippen molar-refractivity contribution in [3.63, 3.8) is 0 Å². The van der Waals surface area contributed by atoms with Gasteiger partial charge in [0.1, 0.15) is 0 Å². The number of aromatic nitrogens is 1. The number of primary amides is 1. The van der Waals surface area contributed by atoms with Crippen LogP contribution in [0.5, 0.6) is 0 Å². The van der Waals surface area contributed by atoms with Gasteiger partial charge in [0, 0.05) is 41.5 Å². The first-order valence-corrected chi connectivity index (χ1v) is 13.2. The highest BCUT2D eigenvalue weighted by molar-refractivity contribution is 7.88. The van der Waals surface area contributed by atoms with E-state index < -0.39 is 10.0 Å². The molecule has 9 heteroatoms. The molecule has 3 aromatic rings. The summed E-state index contributed by atoms with van der Waals surface area (Å²) in [5, 5.41) is 0.693. The molecule has 3 heterocycles. The van der Waals surface area contributed by atoms with Crippen molar-refractivity contribution in [2.45, 2.75) is 25.7 Å². The number of hydrogen-bond donors (Lipinski definition) is 1. The van der Waals surface area contributed by atoms with E-state index in [4.69, 9.17) is 5.73 Å². The molecule has 0 aliphatic carbocycles. The van der Waals surface area contributed by atoms with Crippen molar-refractivity contribution in [3.05, 3.63) is 57.3 Å². The monoisotopic (exact) mass is 473 g/mol. The lowest BCUT2D eigenvalue weighted by molar-refractivity contribution is -0.117. The highest BCUT2D eigenvalue weighted by Gasteiger charge is 2.25. The minimum atomic E-state index is -3.14. The van der Waals surface area contributed by atoms with Gasteiger partial charge >= 0.3 is 0 Å². The quantitative estimate of drug-likeness (QED) is 0.594. The smallest absolute Gasteiger partial charge is 0.259 e. The third-order valence-electron chi connectivity index (χ3n) is 6.05. The fourth-order valence-corrected chi connectivity index (χ4v) is 6.56. The van der Waals surface area contributed by atoms with Crippen LogP contribution in [-0.2, 0) is 34.7 Å². The van der Waals surface area contributed by atoms with Crippen LogP contribution in [-0.4, -0.2) is 42.5 Å². The van der Waals surface area contributed by atoms with Crippen LogP contribution < -0.4 is 11.3 Å². The molecule has 2 aromatic heterocycles. The van der Waals surface area contributed by atoms with E-state index in [1.165, 1.54) is 6.26 Å². The molecule has 4 rings (SSSR count). The molecule has 0 atom stereocenters. The number of nitrogens with two attached hydrogens (primary N) is 1. The van der Waals surface area contributed by atoms with E-state index in [-0.39, 0.29) is 17.9 Å². The van der Waals surface area contributed by atoms with Gasteiger partial charge in [0.15, 0.2) is 0 Å². The predicted molar refractivity (Wildman–Crippen MR) is 128 cm³/mol. The van der Waals surface area contributed by atoms with Gasteiger partial charge in [-0.2, -0.15) is 0 Å². The number of fused-ring (bicyclic) bond motifs is 1. The lowest BCUT2D eigenvalue weighted by Crippen LogP contribution is -2.38. The van der Waals surface area contributed by atoms with Gasteiger partial charge in [0.2, 0.25) is 15.9 Å². The molecule has 170 valence electrons. The number of nitrogens with zero attached hydrogens (tertiary/aromatic N) is 2. The van der Waals surface area contributed by atoms with Crippen LogP contribution in [0.3, 0.4) is 0 Å². The molecule has 7 nitrogen and oxygen atoms in total. The summed E-state index contributed by atoms with van der Waals surface area (Å²) in [6, 6.07) is 9.68. The molecule has 1 aliphatic rings. The van der Waals surface area contributed by atoms with Crippen molar-refractivity contribution < 1.29 is 13.2 Å². The average molecular weight is 474 g/mol. The second-order valence-electron chi connectivity index (χ2n) is 8.57. The van der Waals surface area contributed by atoms with Gasteiger partial charge in [0.25, 0.3) is 5.56 Å². The maximum Gasteiger partial charge on any atom is 0.259 e. The maximum absolute atomic E-state index is 12.8. The number of aryl methyl sites for hydroxylation is 1. The summed E-state index contributed by atoms with van der Waals surface area (Å²) in [4.78, 5) is 25.3. The van der Waals surface area contributed by atoms with Gasteiger partial charge in [-0.05, 0) is 42.4 Å². The van der Waals surface area contributed by atoms with E-state index in [1.807, 2.05) is 36.5 Å². The van der Waals surface area contributed by atoms with E-state index in [2.05, 4.69) is 0 Å². The molecule has 0 spiro atoms. The fraction of sp³-hybridized carbons (Fsp3) is 0.391. The molecule has 2 N–H and O–H groups in total. The van der Waals surface area contributed by atoms with Gasteiger partial charge in [0.05, 0.1) is 18.1 Å². The van der Waals surface area contributed by atoms with Crippen molar-refractivity contribution in [3.8, 4) is 11.1 Å². The van der Waals surface area contributed by atoms with Crippen LogP contribution in [0.15, 0.2) is 41.3 Å². The van der Waals surface area contributed by atoms with Gasteiger partial charge in [-0.3, -0.25) is 9.59 Å². The molecule has 0 saturated carbocycles. The number of carbonyl (C=O) groups excluding carboxylic acids is 1. The number of pyridine rings is 1. The van der Waals surface area contributed by atoms with Gasteiger partial charge in [-0.15, -0.1) is 11.3 Å². The Morgan fingerprint density at radius 3 is 2.59 bits per heavy atom. The summed E-state index contributed by atoms with van der Waals surface area (Å²) in [5.74, 6) is 0.0142. The van der Waals surface area contributed by atoms with Crippen LogP contribution in [0, 0.1) is 5.92 Å². The van der Waals surface area contributed by atoms with Crippen molar-refractivity contribution in [1.29, 1.82) is 0 Å². The standard InChI is InChI=1S/C23H27N3O4S2/c1-25-14-20(17-5-3-4-16(10-17)12-21(24)27)22-19(23(25)28)13-18(31-22)11-15-6-8-26(9-7-15)32(2,29)30/h3-5,10,13-15H,6-9,11-12H2,1-2H3,(H2,24,27). The van der Waals surface area contributed by atoms with Crippen molar-refractivity contribution in [2.75, 3.05) is 19.3 Å². The molecule has 0 unspecified atom stereocenters. The Morgan fingerprint density at radius 2 is 1.94 bits per heavy atom. The molecule has 1 aliphatic heterocycles. The van der Waals surface area contributed by atoms with E-state index in [0.29, 0.717) is 24.4 Å². The molecular weight excluding hydrogens is 446 g/mol. The van der Waals surface area contributed by atoms with Crippen molar-refractivity contribution in [2.24, 2.45) is 18.7 Å². The van der Waals surface area contributed by atoms with Gasteiger partial charge < -0.3 is 10.3 Å². The van der Waals surface area contributed by atoms with Gasteiger partial charge in [-0.25, -0.2) is 12.7 Å². The summed E-state index contributed by atoms with van der Waals surface area (Å²) in [6.45, 7) is 1.10. The van der Waals surface area contributed by atoms with E-state index in [1.54, 1.807) is 27.3 Å². The van der Waals surface area contributed by atoms with Gasteiger partial charge in [-0.1, -0.05) is 24.3 Å². The topological polar surface area (TPSA) is 102 Å². The average Bonchev–Trinajstić information content (AvgIpc) is 3.14. The molecular formula is C23H27N3O4S2. The lowest BCUT2D eigenvalue weighted by Gasteiger charge is -2.29. The predicted octanol–water partition coefficient (Wildman–Crippen LogP) is 2.51. The number of sulfonamides is 1. The van der Waals surface area contributed by atoms with Crippen LogP contribution in [0.4, 0.5) is 0 Å². The fourth-order valence-electron chi connectivity index (χ4n) is 4.39. The minimum absolute atomic E-state index is 0.0357. The van der Waals surface area contributed by atoms with Crippen LogP contribution >= 0.6 is 11.3 Å². The van der Waals surface area contributed by atoms with Crippen LogP contribution in [0.2, 0.25) is 0 Å². The van der Waals surface area contributed by atoms with Crippen LogP contribution in [0.1, 0.15) is 23.3 Å². The SMILES string of the molecule is Cn1cc(-c2cccc(CC(N)=O)c2)c2sc(CC3CCN(S(C)(=O)=O)CC3)cc2c1=O. The third-order valence-corrected chi connectivity index (χ3v) is 8.54. The first kappa shape index (κ1) is 22.7. The van der Waals surface area contributed by atoms with E-state index in [0.717, 1.165) is 45.5 Å². The molecule has 32 heavy (non-hydrogen) atoms. The molecule has 0 radical (unpaired) electrons. The molecule has 1 fully saturated rings. The largest absolute Gasteiger partial charge is 0.369 e. The summed E-state index contributed by atoms with van der Waals surface area (Å²) in [7, 11) is -1.39. The second-order valence-corrected chi connectivity index (χ2v) is 11.7.